The molecule has 0 N–H and O–H groups in total. The molecule has 0 radical (unpaired) electrons. The van der Waals surface area contributed by atoms with E-state index in [1.807, 2.05) is 24.5 Å². The molecule has 13 heavy (non-hydrogen) atoms. The van der Waals surface area contributed by atoms with Crippen molar-refractivity contribution < 1.29 is 0 Å². The monoisotopic (exact) mass is 193 g/mol. The molecular formula is C9H8ClN3. The summed E-state index contributed by atoms with van der Waals surface area (Å²) in [6.45, 7) is 0.899. The fourth-order valence-corrected chi connectivity index (χ4v) is 1.55. The maximum absolute atomic E-state index is 4.30. The van der Waals surface area contributed by atoms with Crippen LogP contribution in [-0.4, -0.2) is 14.5 Å². The molecule has 0 aromatic carbocycles. The summed E-state index contributed by atoms with van der Waals surface area (Å²) in [6, 6.07) is 1.98. The van der Waals surface area contributed by atoms with Crippen LogP contribution in [0.4, 0.5) is 0 Å². The van der Waals surface area contributed by atoms with Crippen LogP contribution in [0.3, 0.4) is 0 Å². The Morgan fingerprint density at radius 1 is 1.31 bits per heavy atom. The lowest BCUT2D eigenvalue weighted by molar-refractivity contribution is 0.793. The number of halogens is 1. The highest BCUT2D eigenvalue weighted by molar-refractivity contribution is 5.85. The van der Waals surface area contributed by atoms with Crippen LogP contribution in [0.1, 0.15) is 5.82 Å². The molecule has 0 atom stereocenters. The molecule has 3 nitrogen and oxygen atoms in total. The molecule has 0 saturated carbocycles. The van der Waals surface area contributed by atoms with Gasteiger partial charge in [0.15, 0.2) is 0 Å². The fourth-order valence-electron chi connectivity index (χ4n) is 1.55. The molecule has 0 saturated heterocycles. The number of hydrogen-bond donors (Lipinski definition) is 0. The minimum Gasteiger partial charge on any atom is -0.307 e. The van der Waals surface area contributed by atoms with Gasteiger partial charge in [-0.3, -0.25) is 0 Å². The number of rotatable bonds is 0. The lowest BCUT2D eigenvalue weighted by Crippen LogP contribution is -2.04. The van der Waals surface area contributed by atoms with E-state index < -0.39 is 0 Å². The molecule has 0 amide bonds. The molecule has 0 aromatic rings. The maximum atomic E-state index is 4.30. The Kier molecular flexibility index (Phi) is 1.81. The van der Waals surface area contributed by atoms with Gasteiger partial charge in [0.25, 0.3) is 0 Å². The molecule has 3 aliphatic heterocycles. The Hall–Kier alpha value is -1.35. The summed E-state index contributed by atoms with van der Waals surface area (Å²) >= 11 is 0. The van der Waals surface area contributed by atoms with E-state index in [4.69, 9.17) is 0 Å². The molecule has 0 fully saturated rings. The Bertz CT molecular complexity index is 433. The molecule has 0 unspecified atom stereocenters. The van der Waals surface area contributed by atoms with Crippen molar-refractivity contribution in [1.82, 2.24) is 14.5 Å². The van der Waals surface area contributed by atoms with Crippen molar-refractivity contribution >= 4 is 18.5 Å². The highest BCUT2D eigenvalue weighted by Crippen LogP contribution is 2.22. The maximum Gasteiger partial charge on any atom is 0.143 e. The van der Waals surface area contributed by atoms with Gasteiger partial charge in [0.05, 0.1) is 0 Å². The summed E-state index contributed by atoms with van der Waals surface area (Å²) in [6.07, 6.45) is 7.80. The SMILES string of the molecule is C1=Cc2ncc3ccnc-3n2C1.Cl. The van der Waals surface area contributed by atoms with E-state index in [9.17, 15) is 0 Å². The van der Waals surface area contributed by atoms with Gasteiger partial charge in [-0.05, 0) is 12.1 Å². The van der Waals surface area contributed by atoms with Gasteiger partial charge in [0, 0.05) is 24.5 Å². The first kappa shape index (κ1) is 8.26. The van der Waals surface area contributed by atoms with Gasteiger partial charge in [-0.2, -0.15) is 0 Å². The topological polar surface area (TPSA) is 30.7 Å². The minimum absolute atomic E-state index is 0. The van der Waals surface area contributed by atoms with Crippen molar-refractivity contribution in [2.24, 2.45) is 0 Å². The minimum atomic E-state index is 0. The molecule has 66 valence electrons. The number of hydrogen-bond acceptors (Lipinski definition) is 2. The summed E-state index contributed by atoms with van der Waals surface area (Å²) in [7, 11) is 0. The predicted octanol–water partition coefficient (Wildman–Crippen LogP) is 1.83. The third-order valence-electron chi connectivity index (χ3n) is 2.13. The molecule has 4 heteroatoms. The van der Waals surface area contributed by atoms with Crippen LogP contribution in [0.25, 0.3) is 17.5 Å². The van der Waals surface area contributed by atoms with Crippen molar-refractivity contribution in [2.75, 3.05) is 0 Å². The van der Waals surface area contributed by atoms with Crippen LogP contribution in [-0.2, 0) is 6.54 Å². The third-order valence-corrected chi connectivity index (χ3v) is 2.13. The molecule has 3 heterocycles. The Morgan fingerprint density at radius 3 is 3.15 bits per heavy atom. The molecule has 3 rings (SSSR count). The van der Waals surface area contributed by atoms with Gasteiger partial charge >= 0.3 is 0 Å². The largest absolute Gasteiger partial charge is 0.307 e. The molecular weight excluding hydrogens is 186 g/mol. The van der Waals surface area contributed by atoms with E-state index in [1.54, 1.807) is 0 Å². The van der Waals surface area contributed by atoms with Crippen LogP contribution in [0, 0.1) is 0 Å². The third kappa shape index (κ3) is 1.04. The van der Waals surface area contributed by atoms with E-state index >= 15 is 0 Å². The average molecular weight is 194 g/mol. The first-order chi connectivity index (χ1) is 5.95. The predicted molar refractivity (Wildman–Crippen MR) is 52.9 cm³/mol. The summed E-state index contributed by atoms with van der Waals surface area (Å²) in [5.74, 6) is 2.03. The van der Waals surface area contributed by atoms with Gasteiger partial charge in [-0.25, -0.2) is 9.97 Å². The summed E-state index contributed by atoms with van der Waals surface area (Å²) in [5, 5.41) is 0. The van der Waals surface area contributed by atoms with Crippen LogP contribution < -0.4 is 0 Å². The van der Waals surface area contributed by atoms with Crippen LogP contribution >= 0.6 is 12.4 Å². The highest BCUT2D eigenvalue weighted by Gasteiger charge is 2.13. The zero-order valence-electron chi connectivity index (χ0n) is 6.84. The van der Waals surface area contributed by atoms with Gasteiger partial charge in [0.1, 0.15) is 11.6 Å². The van der Waals surface area contributed by atoms with Crippen molar-refractivity contribution in [2.45, 2.75) is 6.54 Å². The summed E-state index contributed by atoms with van der Waals surface area (Å²) < 4.78 is 2.11. The van der Waals surface area contributed by atoms with Gasteiger partial charge in [0.2, 0.25) is 0 Å². The first-order valence-corrected chi connectivity index (χ1v) is 3.92. The molecule has 0 aliphatic carbocycles. The Morgan fingerprint density at radius 2 is 2.23 bits per heavy atom. The van der Waals surface area contributed by atoms with Crippen LogP contribution in [0.15, 0.2) is 24.5 Å². The first-order valence-electron chi connectivity index (χ1n) is 3.92. The lowest BCUT2D eigenvalue weighted by Gasteiger charge is -2.07. The van der Waals surface area contributed by atoms with Crippen LogP contribution in [0.5, 0.6) is 0 Å². The second-order valence-electron chi connectivity index (χ2n) is 2.85. The number of nitrogens with zero attached hydrogens (tertiary/aromatic N) is 3. The quantitative estimate of drug-likeness (QED) is 0.639. The van der Waals surface area contributed by atoms with E-state index in [0.29, 0.717) is 0 Å². The molecule has 3 aliphatic rings. The lowest BCUT2D eigenvalue weighted by atomic mass is 10.3. The van der Waals surface area contributed by atoms with Gasteiger partial charge in [-0.15, -0.1) is 12.4 Å². The van der Waals surface area contributed by atoms with E-state index in [0.717, 1.165) is 23.8 Å². The molecule has 0 aromatic heterocycles. The standard InChI is InChI=1S/C9H7N3.ClH/c1-2-8-11-6-7-3-4-10-9(7)12(8)5-1;/h1-4,6H,5H2;1H. The fraction of sp³-hybridized carbons (Fsp3) is 0.111. The van der Waals surface area contributed by atoms with E-state index in [1.165, 1.54) is 0 Å². The van der Waals surface area contributed by atoms with Crippen LogP contribution in [0.2, 0.25) is 0 Å². The van der Waals surface area contributed by atoms with E-state index in [-0.39, 0.29) is 12.4 Å². The highest BCUT2D eigenvalue weighted by atomic mass is 35.5. The molecule has 0 bridgehead atoms. The number of allylic oxidation sites excluding steroid dienone is 1. The zero-order valence-corrected chi connectivity index (χ0v) is 7.66. The second kappa shape index (κ2) is 2.85. The van der Waals surface area contributed by atoms with Gasteiger partial charge < -0.3 is 4.57 Å². The average Bonchev–Trinajstić information content (AvgIpc) is 2.71. The number of aromatic nitrogens is 3. The van der Waals surface area contributed by atoms with E-state index in [2.05, 4.69) is 20.6 Å². The zero-order chi connectivity index (χ0) is 7.97. The Labute approximate surface area is 81.9 Å². The smallest absolute Gasteiger partial charge is 0.143 e. The summed E-state index contributed by atoms with van der Waals surface area (Å²) in [4.78, 5) is 8.57. The van der Waals surface area contributed by atoms with Crippen molar-refractivity contribution in [3.05, 3.63) is 30.4 Å². The van der Waals surface area contributed by atoms with Crippen molar-refractivity contribution in [3.63, 3.8) is 0 Å². The van der Waals surface area contributed by atoms with Gasteiger partial charge in [-0.1, -0.05) is 6.08 Å². The Balaban J connectivity index is 0.000000653. The summed E-state index contributed by atoms with van der Waals surface area (Å²) in [5.41, 5.74) is 1.11. The molecule has 0 spiro atoms. The normalized spacial score (nSPS) is 12.9. The van der Waals surface area contributed by atoms with Crippen molar-refractivity contribution in [1.29, 1.82) is 0 Å². The number of fused-ring (bicyclic) bond motifs is 3. The second-order valence-corrected chi connectivity index (χ2v) is 2.85. The van der Waals surface area contributed by atoms with Crippen molar-refractivity contribution in [3.8, 4) is 11.4 Å².